The summed E-state index contributed by atoms with van der Waals surface area (Å²) >= 11 is 7.55. The summed E-state index contributed by atoms with van der Waals surface area (Å²) in [6.07, 6.45) is 0.906. The first-order chi connectivity index (χ1) is 13.8. The number of thiazole rings is 1. The van der Waals surface area contributed by atoms with Gasteiger partial charge in [-0.1, -0.05) is 29.0 Å². The molecule has 0 N–H and O–H groups in total. The van der Waals surface area contributed by atoms with Gasteiger partial charge in [0.15, 0.2) is 0 Å². The molecule has 8 nitrogen and oxygen atoms in total. The van der Waals surface area contributed by atoms with Crippen molar-refractivity contribution in [2.45, 2.75) is 23.8 Å². The largest absolute Gasteiger partial charge is 0.467 e. The van der Waals surface area contributed by atoms with Crippen LogP contribution in [0.1, 0.15) is 12.8 Å². The van der Waals surface area contributed by atoms with E-state index >= 15 is 0 Å². The smallest absolute Gasteiger partial charge is 0.274 e. The fourth-order valence-electron chi connectivity index (χ4n) is 3.17. The van der Waals surface area contributed by atoms with Crippen LogP contribution in [0, 0.1) is 10.1 Å². The van der Waals surface area contributed by atoms with Gasteiger partial charge < -0.3 is 4.74 Å². The molecule has 0 aliphatic carbocycles. The maximum Gasteiger partial charge on any atom is 0.274 e. The third-order valence-electron chi connectivity index (χ3n) is 4.70. The van der Waals surface area contributed by atoms with Crippen LogP contribution in [0.4, 0.5) is 5.69 Å². The van der Waals surface area contributed by atoms with Crippen molar-refractivity contribution in [3.63, 3.8) is 0 Å². The molecule has 1 aliphatic rings. The molecule has 4 rings (SSSR count). The van der Waals surface area contributed by atoms with Crippen molar-refractivity contribution in [2.24, 2.45) is 0 Å². The molecule has 0 saturated carbocycles. The van der Waals surface area contributed by atoms with E-state index in [-0.39, 0.29) is 16.7 Å². The fourth-order valence-corrected chi connectivity index (χ4v) is 5.82. The van der Waals surface area contributed by atoms with Gasteiger partial charge in [-0.05, 0) is 37.1 Å². The molecule has 2 aromatic carbocycles. The number of piperidine rings is 1. The number of nitro benzene ring substituents is 1. The first kappa shape index (κ1) is 20.0. The van der Waals surface area contributed by atoms with Crippen molar-refractivity contribution < 1.29 is 18.1 Å². The molecule has 1 aliphatic heterocycles. The molecular formula is C18H16ClN3O5S2. The highest BCUT2D eigenvalue weighted by molar-refractivity contribution is 7.89. The van der Waals surface area contributed by atoms with E-state index in [1.54, 1.807) is 6.07 Å². The highest BCUT2D eigenvalue weighted by Crippen LogP contribution is 2.33. The SMILES string of the molecule is O=[N+]([O-])c1ccc(S(=O)(=O)N2CCC(Oc3nc4c(Cl)cccc4s3)CC2)cc1. The Hall–Kier alpha value is -2.27. The number of aromatic nitrogens is 1. The number of sulfonamides is 1. The molecule has 0 radical (unpaired) electrons. The lowest BCUT2D eigenvalue weighted by Gasteiger charge is -2.30. The number of halogens is 1. The van der Waals surface area contributed by atoms with Crippen molar-refractivity contribution in [1.82, 2.24) is 9.29 Å². The second-order valence-electron chi connectivity index (χ2n) is 6.54. The molecule has 2 heterocycles. The predicted molar refractivity (Wildman–Crippen MR) is 110 cm³/mol. The summed E-state index contributed by atoms with van der Waals surface area (Å²) in [6, 6.07) is 10.5. The van der Waals surface area contributed by atoms with E-state index in [1.165, 1.54) is 39.9 Å². The van der Waals surface area contributed by atoms with Crippen LogP contribution in [0.25, 0.3) is 10.2 Å². The van der Waals surface area contributed by atoms with Crippen LogP contribution >= 0.6 is 22.9 Å². The third kappa shape index (κ3) is 4.06. The molecule has 0 spiro atoms. The Balaban J connectivity index is 1.41. The van der Waals surface area contributed by atoms with Gasteiger partial charge in [0.25, 0.3) is 10.9 Å². The highest BCUT2D eigenvalue weighted by Gasteiger charge is 2.31. The van der Waals surface area contributed by atoms with Crippen LogP contribution in [-0.2, 0) is 10.0 Å². The van der Waals surface area contributed by atoms with Crippen LogP contribution in [-0.4, -0.2) is 41.8 Å². The van der Waals surface area contributed by atoms with E-state index in [4.69, 9.17) is 16.3 Å². The number of nitrogens with zero attached hydrogens (tertiary/aromatic N) is 3. The Morgan fingerprint density at radius 3 is 2.48 bits per heavy atom. The zero-order chi connectivity index (χ0) is 20.6. The van der Waals surface area contributed by atoms with Gasteiger partial charge in [0.2, 0.25) is 10.0 Å². The zero-order valence-corrected chi connectivity index (χ0v) is 17.4. The van der Waals surface area contributed by atoms with Gasteiger partial charge >= 0.3 is 0 Å². The summed E-state index contributed by atoms with van der Waals surface area (Å²) in [7, 11) is -3.70. The van der Waals surface area contributed by atoms with E-state index in [0.717, 1.165) is 4.70 Å². The van der Waals surface area contributed by atoms with Gasteiger partial charge in [-0.2, -0.15) is 4.31 Å². The first-order valence-electron chi connectivity index (χ1n) is 8.81. The van der Waals surface area contributed by atoms with Crippen molar-refractivity contribution >= 4 is 48.9 Å². The molecule has 3 aromatic rings. The lowest BCUT2D eigenvalue weighted by atomic mass is 10.1. The summed E-state index contributed by atoms with van der Waals surface area (Å²) in [5, 5.41) is 11.8. The normalized spacial score (nSPS) is 16.2. The molecule has 0 amide bonds. The summed E-state index contributed by atoms with van der Waals surface area (Å²) in [6.45, 7) is 0.602. The number of para-hydroxylation sites is 1. The van der Waals surface area contributed by atoms with E-state index in [1.807, 2.05) is 12.1 Å². The minimum absolute atomic E-state index is 0.0447. The van der Waals surface area contributed by atoms with Crippen LogP contribution in [0.5, 0.6) is 5.19 Å². The standard InChI is InChI=1S/C18H16ClN3O5S2/c19-15-2-1-3-16-17(15)20-18(28-16)27-13-8-10-21(11-9-13)29(25,26)14-6-4-12(5-7-14)22(23)24/h1-7,13H,8-11H2. The molecule has 1 saturated heterocycles. The van der Waals surface area contributed by atoms with Crippen LogP contribution in [0.3, 0.4) is 0 Å². The number of hydrogen-bond acceptors (Lipinski definition) is 7. The quantitative estimate of drug-likeness (QED) is 0.425. The second-order valence-corrected chi connectivity index (χ2v) is 9.88. The molecular weight excluding hydrogens is 438 g/mol. The molecule has 0 bridgehead atoms. The average molecular weight is 454 g/mol. The molecule has 152 valence electrons. The maximum atomic E-state index is 12.8. The third-order valence-corrected chi connectivity index (χ3v) is 7.83. The number of fused-ring (bicyclic) bond motifs is 1. The Morgan fingerprint density at radius 1 is 1.17 bits per heavy atom. The summed E-state index contributed by atoms with van der Waals surface area (Å²) in [5.74, 6) is 0. The topological polar surface area (TPSA) is 103 Å². The minimum Gasteiger partial charge on any atom is -0.467 e. The van der Waals surface area contributed by atoms with Crippen LogP contribution in [0.15, 0.2) is 47.4 Å². The molecule has 0 atom stereocenters. The number of benzene rings is 2. The Labute approximate surface area is 175 Å². The monoisotopic (exact) mass is 453 g/mol. The van der Waals surface area contributed by atoms with Gasteiger partial charge in [0.1, 0.15) is 11.6 Å². The minimum atomic E-state index is -3.70. The first-order valence-corrected chi connectivity index (χ1v) is 11.4. The van der Waals surface area contributed by atoms with E-state index in [9.17, 15) is 18.5 Å². The number of ether oxygens (including phenoxy) is 1. The molecule has 29 heavy (non-hydrogen) atoms. The molecule has 1 aromatic heterocycles. The maximum absolute atomic E-state index is 12.8. The van der Waals surface area contributed by atoms with Gasteiger partial charge in [0.05, 0.1) is 19.5 Å². The molecule has 0 unspecified atom stereocenters. The van der Waals surface area contributed by atoms with Gasteiger partial charge in [-0.25, -0.2) is 13.4 Å². The van der Waals surface area contributed by atoms with Crippen LogP contribution < -0.4 is 4.74 Å². The molecule has 1 fully saturated rings. The Kier molecular flexibility index (Phi) is 5.43. The second kappa shape index (κ2) is 7.86. The van der Waals surface area contributed by atoms with Crippen LogP contribution in [0.2, 0.25) is 5.02 Å². The van der Waals surface area contributed by atoms with E-state index < -0.39 is 14.9 Å². The van der Waals surface area contributed by atoms with Crippen molar-refractivity contribution in [2.75, 3.05) is 13.1 Å². The fraction of sp³-hybridized carbons (Fsp3) is 0.278. The van der Waals surface area contributed by atoms with Crippen molar-refractivity contribution in [3.05, 3.63) is 57.6 Å². The summed E-state index contributed by atoms with van der Waals surface area (Å²) in [5.41, 5.74) is 0.555. The molecule has 11 heteroatoms. The van der Waals surface area contributed by atoms with E-state index in [0.29, 0.717) is 41.7 Å². The highest BCUT2D eigenvalue weighted by atomic mass is 35.5. The average Bonchev–Trinajstić information content (AvgIpc) is 3.12. The number of rotatable bonds is 5. The Bertz CT molecular complexity index is 1160. The summed E-state index contributed by atoms with van der Waals surface area (Å²) in [4.78, 5) is 14.7. The van der Waals surface area contributed by atoms with Crippen molar-refractivity contribution in [1.29, 1.82) is 0 Å². The predicted octanol–water partition coefficient (Wildman–Crippen LogP) is 4.09. The number of hydrogen-bond donors (Lipinski definition) is 0. The zero-order valence-electron chi connectivity index (χ0n) is 15.0. The van der Waals surface area contributed by atoms with Gasteiger partial charge in [0, 0.05) is 25.2 Å². The lowest BCUT2D eigenvalue weighted by Crippen LogP contribution is -2.41. The number of nitro groups is 1. The Morgan fingerprint density at radius 2 is 1.86 bits per heavy atom. The summed E-state index contributed by atoms with van der Waals surface area (Å²) < 4.78 is 33.8. The number of non-ortho nitro benzene ring substituents is 1. The van der Waals surface area contributed by atoms with Gasteiger partial charge in [-0.3, -0.25) is 10.1 Å². The van der Waals surface area contributed by atoms with E-state index in [2.05, 4.69) is 4.98 Å². The lowest BCUT2D eigenvalue weighted by molar-refractivity contribution is -0.384. The van der Waals surface area contributed by atoms with Crippen molar-refractivity contribution in [3.8, 4) is 5.19 Å². The van der Waals surface area contributed by atoms with Gasteiger partial charge in [-0.15, -0.1) is 0 Å².